The first-order chi connectivity index (χ1) is 8.38. The molecule has 0 bridgehead atoms. The summed E-state index contributed by atoms with van der Waals surface area (Å²) in [6.07, 6.45) is 3.30. The summed E-state index contributed by atoms with van der Waals surface area (Å²) in [4.78, 5) is 14.6. The lowest BCUT2D eigenvalue weighted by molar-refractivity contribution is -0.138. The average Bonchev–Trinajstić information content (AvgIpc) is 2.30. The Morgan fingerprint density at radius 1 is 1.00 bits per heavy atom. The van der Waals surface area contributed by atoms with E-state index in [4.69, 9.17) is 0 Å². The Bertz CT molecular complexity index is 233. The fourth-order valence-electron chi connectivity index (χ4n) is 2.96. The molecule has 0 saturated carbocycles. The molecule has 0 aliphatic rings. The van der Waals surface area contributed by atoms with Crippen molar-refractivity contribution in [1.82, 2.24) is 4.90 Å². The third-order valence-corrected chi connectivity index (χ3v) is 4.09. The highest BCUT2D eigenvalue weighted by Gasteiger charge is 2.27. The van der Waals surface area contributed by atoms with Crippen molar-refractivity contribution in [2.75, 3.05) is 6.54 Å². The molecule has 0 spiro atoms. The Labute approximate surface area is 114 Å². The first-order valence-corrected chi connectivity index (χ1v) is 7.69. The summed E-state index contributed by atoms with van der Waals surface area (Å²) in [6.45, 7) is 16.0. The zero-order valence-corrected chi connectivity index (χ0v) is 13.5. The van der Waals surface area contributed by atoms with E-state index < -0.39 is 0 Å². The molecule has 2 unspecified atom stereocenters. The van der Waals surface area contributed by atoms with Gasteiger partial charge in [-0.3, -0.25) is 4.79 Å². The van der Waals surface area contributed by atoms with Gasteiger partial charge in [0.25, 0.3) is 0 Å². The molecule has 0 rings (SSSR count). The van der Waals surface area contributed by atoms with Crippen LogP contribution in [0.5, 0.6) is 0 Å². The molecule has 0 aliphatic heterocycles. The predicted octanol–water partition coefficient (Wildman–Crippen LogP) is 4.34. The second kappa shape index (κ2) is 8.55. The zero-order valence-electron chi connectivity index (χ0n) is 13.5. The van der Waals surface area contributed by atoms with Crippen LogP contribution in [0.25, 0.3) is 0 Å². The summed E-state index contributed by atoms with van der Waals surface area (Å²) in [7, 11) is 0. The van der Waals surface area contributed by atoms with Crippen LogP contribution in [0.1, 0.15) is 67.7 Å². The van der Waals surface area contributed by atoms with Crippen LogP contribution in [0.2, 0.25) is 0 Å². The molecule has 0 heterocycles. The van der Waals surface area contributed by atoms with Gasteiger partial charge in [-0.15, -0.1) is 0 Å². The standard InChI is InChI=1S/C16H33NO/c1-8-15(9-2)14(7)17(10-3)16(18)13(6)11-12(4)5/h12-15H,8-11H2,1-7H3. The van der Waals surface area contributed by atoms with E-state index in [1.54, 1.807) is 0 Å². The van der Waals surface area contributed by atoms with E-state index >= 15 is 0 Å². The Balaban J connectivity index is 4.69. The summed E-state index contributed by atoms with van der Waals surface area (Å²) in [5.74, 6) is 1.71. The SMILES string of the molecule is CCC(CC)C(C)N(CC)C(=O)C(C)CC(C)C. The van der Waals surface area contributed by atoms with E-state index in [1.165, 1.54) is 0 Å². The minimum Gasteiger partial charge on any atom is -0.340 e. The molecule has 108 valence electrons. The van der Waals surface area contributed by atoms with Gasteiger partial charge < -0.3 is 4.90 Å². The Morgan fingerprint density at radius 3 is 1.83 bits per heavy atom. The third kappa shape index (κ3) is 4.99. The summed E-state index contributed by atoms with van der Waals surface area (Å²) in [5.41, 5.74) is 0. The molecule has 0 N–H and O–H groups in total. The van der Waals surface area contributed by atoms with Gasteiger partial charge in [0.05, 0.1) is 0 Å². The van der Waals surface area contributed by atoms with Crippen molar-refractivity contribution in [2.24, 2.45) is 17.8 Å². The Hall–Kier alpha value is -0.530. The van der Waals surface area contributed by atoms with Crippen molar-refractivity contribution in [2.45, 2.75) is 73.8 Å². The number of hydrogen-bond acceptors (Lipinski definition) is 1. The summed E-state index contributed by atoms with van der Waals surface area (Å²) < 4.78 is 0. The van der Waals surface area contributed by atoms with Crippen molar-refractivity contribution in [3.8, 4) is 0 Å². The van der Waals surface area contributed by atoms with E-state index in [9.17, 15) is 4.79 Å². The van der Waals surface area contributed by atoms with Crippen LogP contribution < -0.4 is 0 Å². The highest BCUT2D eigenvalue weighted by atomic mass is 16.2. The monoisotopic (exact) mass is 255 g/mol. The van der Waals surface area contributed by atoms with Crippen molar-refractivity contribution >= 4 is 5.91 Å². The fourth-order valence-corrected chi connectivity index (χ4v) is 2.96. The first-order valence-electron chi connectivity index (χ1n) is 7.69. The molecule has 0 aromatic carbocycles. The Kier molecular flexibility index (Phi) is 8.30. The van der Waals surface area contributed by atoms with Crippen LogP contribution in [0.3, 0.4) is 0 Å². The third-order valence-electron chi connectivity index (χ3n) is 4.09. The molecule has 0 aromatic heterocycles. The quantitative estimate of drug-likeness (QED) is 0.631. The first kappa shape index (κ1) is 17.5. The van der Waals surface area contributed by atoms with Crippen molar-refractivity contribution < 1.29 is 4.79 Å². The van der Waals surface area contributed by atoms with Gasteiger partial charge in [-0.25, -0.2) is 0 Å². The zero-order chi connectivity index (χ0) is 14.3. The topological polar surface area (TPSA) is 20.3 Å². The largest absolute Gasteiger partial charge is 0.340 e. The molecular formula is C16H33NO. The smallest absolute Gasteiger partial charge is 0.225 e. The van der Waals surface area contributed by atoms with Crippen LogP contribution in [0, 0.1) is 17.8 Å². The molecular weight excluding hydrogens is 222 g/mol. The summed E-state index contributed by atoms with van der Waals surface area (Å²) in [5, 5.41) is 0. The maximum atomic E-state index is 12.5. The van der Waals surface area contributed by atoms with Crippen molar-refractivity contribution in [1.29, 1.82) is 0 Å². The molecule has 18 heavy (non-hydrogen) atoms. The molecule has 2 atom stereocenters. The molecule has 2 nitrogen and oxygen atoms in total. The number of nitrogens with zero attached hydrogens (tertiary/aromatic N) is 1. The normalized spacial score (nSPS) is 14.9. The van der Waals surface area contributed by atoms with Gasteiger partial charge in [0.1, 0.15) is 0 Å². The highest BCUT2D eigenvalue weighted by Crippen LogP contribution is 2.22. The highest BCUT2D eigenvalue weighted by molar-refractivity contribution is 5.78. The van der Waals surface area contributed by atoms with Crippen molar-refractivity contribution in [3.05, 3.63) is 0 Å². The van der Waals surface area contributed by atoms with Gasteiger partial charge in [-0.1, -0.05) is 47.5 Å². The molecule has 0 fully saturated rings. The summed E-state index contributed by atoms with van der Waals surface area (Å²) in [6, 6.07) is 0.368. The molecule has 0 aliphatic carbocycles. The average molecular weight is 255 g/mol. The van der Waals surface area contributed by atoms with Gasteiger partial charge in [0, 0.05) is 18.5 Å². The van der Waals surface area contributed by atoms with E-state index in [0.717, 1.165) is 25.8 Å². The van der Waals surface area contributed by atoms with E-state index in [1.807, 2.05) is 0 Å². The fraction of sp³-hybridized carbons (Fsp3) is 0.938. The molecule has 0 aromatic rings. The number of rotatable bonds is 8. The van der Waals surface area contributed by atoms with Gasteiger partial charge in [0.15, 0.2) is 0 Å². The van der Waals surface area contributed by atoms with Crippen LogP contribution in [-0.4, -0.2) is 23.4 Å². The number of carbonyl (C=O) groups excluding carboxylic acids is 1. The second-order valence-electron chi connectivity index (χ2n) is 5.97. The molecule has 1 amide bonds. The van der Waals surface area contributed by atoms with Gasteiger partial charge in [0.2, 0.25) is 5.91 Å². The van der Waals surface area contributed by atoms with Gasteiger partial charge in [-0.2, -0.15) is 0 Å². The summed E-state index contributed by atoms with van der Waals surface area (Å²) >= 11 is 0. The van der Waals surface area contributed by atoms with Gasteiger partial charge in [-0.05, 0) is 32.1 Å². The lowest BCUT2D eigenvalue weighted by Crippen LogP contribution is -2.45. The minimum atomic E-state index is 0.154. The lowest BCUT2D eigenvalue weighted by Gasteiger charge is -2.35. The maximum absolute atomic E-state index is 12.5. The Morgan fingerprint density at radius 2 is 1.50 bits per heavy atom. The van der Waals surface area contributed by atoms with Crippen LogP contribution in [0.4, 0.5) is 0 Å². The minimum absolute atomic E-state index is 0.154. The molecule has 0 radical (unpaired) electrons. The second-order valence-corrected chi connectivity index (χ2v) is 5.97. The van der Waals surface area contributed by atoms with Crippen LogP contribution in [-0.2, 0) is 4.79 Å². The number of carbonyl (C=O) groups is 1. The van der Waals surface area contributed by atoms with Crippen LogP contribution in [0.15, 0.2) is 0 Å². The van der Waals surface area contributed by atoms with E-state index in [-0.39, 0.29) is 5.92 Å². The van der Waals surface area contributed by atoms with E-state index in [2.05, 4.69) is 53.4 Å². The molecule has 2 heteroatoms. The number of amides is 1. The van der Waals surface area contributed by atoms with E-state index in [0.29, 0.717) is 23.8 Å². The number of hydrogen-bond donors (Lipinski definition) is 0. The predicted molar refractivity (Wildman–Crippen MR) is 79.5 cm³/mol. The maximum Gasteiger partial charge on any atom is 0.225 e. The van der Waals surface area contributed by atoms with Gasteiger partial charge >= 0.3 is 0 Å². The molecule has 0 saturated heterocycles. The lowest BCUT2D eigenvalue weighted by atomic mass is 9.92. The van der Waals surface area contributed by atoms with Crippen molar-refractivity contribution in [3.63, 3.8) is 0 Å². The van der Waals surface area contributed by atoms with Crippen LogP contribution >= 0.6 is 0 Å².